The van der Waals surface area contributed by atoms with Gasteiger partial charge in [-0.25, -0.2) is 4.79 Å². The van der Waals surface area contributed by atoms with E-state index in [1.807, 2.05) is 0 Å². The third kappa shape index (κ3) is 4.41. The summed E-state index contributed by atoms with van der Waals surface area (Å²) in [4.78, 5) is 34.7. The Morgan fingerprint density at radius 1 is 1.13 bits per heavy atom. The zero-order valence-electron chi connectivity index (χ0n) is 15.8. The Hall–Kier alpha value is -4.11. The van der Waals surface area contributed by atoms with Crippen LogP contribution in [0.4, 0.5) is 11.4 Å². The molecular formula is C21H14ClN3O6. The number of fused-ring (bicyclic) bond motifs is 1. The summed E-state index contributed by atoms with van der Waals surface area (Å²) in [6, 6.07) is 17.4. The number of anilines is 1. The molecule has 1 amide bonds. The predicted octanol–water partition coefficient (Wildman–Crippen LogP) is 4.59. The van der Waals surface area contributed by atoms with Crippen molar-refractivity contribution in [2.24, 2.45) is 0 Å². The summed E-state index contributed by atoms with van der Waals surface area (Å²) in [5, 5.41) is 14.0. The maximum Gasteiger partial charge on any atom is 0.420 e. The molecule has 1 heterocycles. The molecule has 0 aliphatic heterocycles. The first kappa shape index (κ1) is 20.2. The van der Waals surface area contributed by atoms with E-state index in [1.165, 1.54) is 12.1 Å². The third-order valence-corrected chi connectivity index (χ3v) is 4.68. The van der Waals surface area contributed by atoms with E-state index in [4.69, 9.17) is 20.8 Å². The zero-order valence-corrected chi connectivity index (χ0v) is 16.5. The van der Waals surface area contributed by atoms with Crippen LogP contribution in [-0.4, -0.2) is 15.4 Å². The number of carbonyl (C=O) groups excluding carboxylic acids is 1. The van der Waals surface area contributed by atoms with Crippen LogP contribution >= 0.6 is 11.6 Å². The molecule has 156 valence electrons. The molecule has 0 fully saturated rings. The van der Waals surface area contributed by atoms with E-state index in [2.05, 4.69) is 5.32 Å². The fourth-order valence-corrected chi connectivity index (χ4v) is 3.10. The summed E-state index contributed by atoms with van der Waals surface area (Å²) >= 11 is 6.07. The molecule has 3 aromatic carbocycles. The number of carbonyl (C=O) groups is 1. The monoisotopic (exact) mass is 439 g/mol. The van der Waals surface area contributed by atoms with Crippen molar-refractivity contribution < 1.29 is 18.9 Å². The van der Waals surface area contributed by atoms with Crippen LogP contribution in [0.2, 0.25) is 5.02 Å². The van der Waals surface area contributed by atoms with E-state index in [0.29, 0.717) is 22.2 Å². The number of halogens is 1. The van der Waals surface area contributed by atoms with Gasteiger partial charge >= 0.3 is 5.76 Å². The number of hydrogen-bond acceptors (Lipinski definition) is 6. The van der Waals surface area contributed by atoms with Gasteiger partial charge in [0.25, 0.3) is 5.69 Å². The summed E-state index contributed by atoms with van der Waals surface area (Å²) < 4.78 is 11.8. The van der Waals surface area contributed by atoms with Gasteiger partial charge in [0, 0.05) is 11.8 Å². The number of nitro groups is 1. The van der Waals surface area contributed by atoms with Crippen LogP contribution in [0.15, 0.2) is 75.9 Å². The van der Waals surface area contributed by atoms with Gasteiger partial charge in [-0.3, -0.25) is 19.5 Å². The molecule has 0 spiro atoms. The second kappa shape index (κ2) is 8.33. The van der Waals surface area contributed by atoms with Crippen LogP contribution in [0.3, 0.4) is 0 Å². The lowest BCUT2D eigenvalue weighted by molar-refractivity contribution is -0.384. The predicted molar refractivity (Wildman–Crippen MR) is 114 cm³/mol. The molecular weight excluding hydrogens is 426 g/mol. The Labute approximate surface area is 179 Å². The van der Waals surface area contributed by atoms with Gasteiger partial charge in [0.1, 0.15) is 18.0 Å². The van der Waals surface area contributed by atoms with Crippen molar-refractivity contribution >= 4 is 40.0 Å². The normalized spacial score (nSPS) is 10.7. The number of nitrogens with zero attached hydrogens (tertiary/aromatic N) is 2. The SMILES string of the molecule is O=C(Cn1c(=O)oc2cc([N+](=O)[O-])ccc21)Nc1ccc(Oc2ccccc2Cl)cc1. The molecule has 1 aromatic heterocycles. The first-order valence-electron chi connectivity index (χ1n) is 9.01. The third-order valence-electron chi connectivity index (χ3n) is 4.37. The molecule has 0 saturated heterocycles. The van der Waals surface area contributed by atoms with E-state index in [9.17, 15) is 19.7 Å². The summed E-state index contributed by atoms with van der Waals surface area (Å²) in [7, 11) is 0. The Balaban J connectivity index is 1.45. The quantitative estimate of drug-likeness (QED) is 0.347. The zero-order chi connectivity index (χ0) is 22.0. The first-order chi connectivity index (χ1) is 14.9. The maximum atomic E-state index is 12.4. The van der Waals surface area contributed by atoms with Gasteiger partial charge in [0.2, 0.25) is 5.91 Å². The Morgan fingerprint density at radius 2 is 1.87 bits per heavy atom. The molecule has 0 unspecified atom stereocenters. The largest absolute Gasteiger partial charge is 0.456 e. The van der Waals surface area contributed by atoms with Crippen molar-refractivity contribution in [3.63, 3.8) is 0 Å². The summed E-state index contributed by atoms with van der Waals surface area (Å²) in [5.74, 6) is -0.214. The number of para-hydroxylation sites is 1. The second-order valence-electron chi connectivity index (χ2n) is 6.47. The molecule has 0 bridgehead atoms. The highest BCUT2D eigenvalue weighted by Gasteiger charge is 2.16. The number of oxazole rings is 1. The Bertz CT molecular complexity index is 1340. The minimum absolute atomic E-state index is 0.0353. The first-order valence-corrected chi connectivity index (χ1v) is 9.38. The topological polar surface area (TPSA) is 117 Å². The highest BCUT2D eigenvalue weighted by atomic mass is 35.5. The molecule has 31 heavy (non-hydrogen) atoms. The number of aromatic nitrogens is 1. The van der Waals surface area contributed by atoms with Gasteiger partial charge in [0.05, 0.1) is 21.5 Å². The van der Waals surface area contributed by atoms with Crippen molar-refractivity contribution in [2.45, 2.75) is 6.54 Å². The smallest absolute Gasteiger partial charge is 0.420 e. The van der Waals surface area contributed by atoms with Gasteiger partial charge in [-0.15, -0.1) is 0 Å². The molecule has 0 saturated carbocycles. The Kier molecular flexibility index (Phi) is 5.42. The number of benzene rings is 3. The average Bonchev–Trinajstić information content (AvgIpc) is 3.05. The molecule has 0 atom stereocenters. The van der Waals surface area contributed by atoms with Crippen molar-refractivity contribution in [1.82, 2.24) is 4.57 Å². The van der Waals surface area contributed by atoms with Crippen molar-refractivity contribution in [3.8, 4) is 11.5 Å². The maximum absolute atomic E-state index is 12.4. The lowest BCUT2D eigenvalue weighted by Gasteiger charge is -2.09. The molecule has 4 rings (SSSR count). The van der Waals surface area contributed by atoms with E-state index in [0.717, 1.165) is 10.6 Å². The lowest BCUT2D eigenvalue weighted by atomic mass is 10.3. The van der Waals surface area contributed by atoms with Gasteiger partial charge in [-0.2, -0.15) is 0 Å². The van der Waals surface area contributed by atoms with Crippen LogP contribution < -0.4 is 15.8 Å². The van der Waals surface area contributed by atoms with Gasteiger partial charge in [-0.05, 0) is 42.5 Å². The van der Waals surface area contributed by atoms with Crippen molar-refractivity contribution in [3.05, 3.63) is 92.4 Å². The highest BCUT2D eigenvalue weighted by molar-refractivity contribution is 6.32. The number of ether oxygens (including phenoxy) is 1. The number of rotatable bonds is 6. The molecule has 9 nitrogen and oxygen atoms in total. The average molecular weight is 440 g/mol. The van der Waals surface area contributed by atoms with Gasteiger partial charge in [-0.1, -0.05) is 23.7 Å². The van der Waals surface area contributed by atoms with Crippen molar-refractivity contribution in [1.29, 1.82) is 0 Å². The fraction of sp³-hybridized carbons (Fsp3) is 0.0476. The number of nitrogens with one attached hydrogen (secondary N) is 1. The minimum Gasteiger partial charge on any atom is -0.456 e. The lowest BCUT2D eigenvalue weighted by Crippen LogP contribution is -2.24. The van der Waals surface area contributed by atoms with Gasteiger partial charge < -0.3 is 14.5 Å². The number of amides is 1. The molecule has 0 aliphatic carbocycles. The van der Waals surface area contributed by atoms with Crippen LogP contribution in [0.25, 0.3) is 11.1 Å². The van der Waals surface area contributed by atoms with Crippen LogP contribution in [0, 0.1) is 10.1 Å². The molecule has 1 N–H and O–H groups in total. The minimum atomic E-state index is -0.783. The molecule has 0 radical (unpaired) electrons. The van der Waals surface area contributed by atoms with Crippen LogP contribution in [-0.2, 0) is 11.3 Å². The number of hydrogen-bond donors (Lipinski definition) is 1. The van der Waals surface area contributed by atoms with Crippen molar-refractivity contribution in [2.75, 3.05) is 5.32 Å². The van der Waals surface area contributed by atoms with Gasteiger partial charge in [0.15, 0.2) is 5.58 Å². The summed E-state index contributed by atoms with van der Waals surface area (Å²) in [6.45, 7) is -0.318. The summed E-state index contributed by atoms with van der Waals surface area (Å²) in [5.41, 5.74) is 0.604. The van der Waals surface area contributed by atoms with E-state index < -0.39 is 16.6 Å². The standard InChI is InChI=1S/C21H14ClN3O6/c22-16-3-1-2-4-18(16)30-15-8-5-13(6-9-15)23-20(26)12-24-17-10-7-14(25(28)29)11-19(17)31-21(24)27/h1-11H,12H2,(H,23,26). The highest BCUT2D eigenvalue weighted by Crippen LogP contribution is 2.29. The van der Waals surface area contributed by atoms with Crippen LogP contribution in [0.5, 0.6) is 11.5 Å². The Morgan fingerprint density at radius 3 is 2.58 bits per heavy atom. The molecule has 4 aromatic rings. The summed E-state index contributed by atoms with van der Waals surface area (Å²) in [6.07, 6.45) is 0. The second-order valence-corrected chi connectivity index (χ2v) is 6.88. The number of non-ortho nitro benzene ring substituents is 1. The molecule has 0 aliphatic rings. The van der Waals surface area contributed by atoms with E-state index in [1.54, 1.807) is 48.5 Å². The number of nitro benzene ring substituents is 1. The fourth-order valence-electron chi connectivity index (χ4n) is 2.92. The molecule has 10 heteroatoms. The van der Waals surface area contributed by atoms with E-state index in [-0.39, 0.29) is 23.3 Å². The van der Waals surface area contributed by atoms with E-state index >= 15 is 0 Å². The van der Waals surface area contributed by atoms with Crippen LogP contribution in [0.1, 0.15) is 0 Å².